The molecule has 1 aliphatic heterocycles. The quantitative estimate of drug-likeness (QED) is 0.577. The highest BCUT2D eigenvalue weighted by molar-refractivity contribution is 7.91. The molecule has 2 heterocycles. The lowest BCUT2D eigenvalue weighted by atomic mass is 10.1. The van der Waals surface area contributed by atoms with E-state index in [1.165, 1.54) is 4.80 Å². The van der Waals surface area contributed by atoms with Gasteiger partial charge in [-0.25, -0.2) is 8.42 Å². The van der Waals surface area contributed by atoms with Gasteiger partial charge in [0.05, 0.1) is 11.5 Å². The van der Waals surface area contributed by atoms with E-state index >= 15 is 0 Å². The minimum absolute atomic E-state index is 0.0237. The topological polar surface area (TPSA) is 98.1 Å². The summed E-state index contributed by atoms with van der Waals surface area (Å²) >= 11 is 6.01. The molecule has 156 valence electrons. The molecule has 1 aromatic heterocycles. The van der Waals surface area contributed by atoms with Crippen molar-refractivity contribution in [1.82, 2.24) is 25.1 Å². The Morgan fingerprint density at radius 3 is 2.67 bits per heavy atom. The molecule has 2 aromatic carbocycles. The summed E-state index contributed by atoms with van der Waals surface area (Å²) in [4.78, 5) is 15.9. The maximum atomic E-state index is 13.1. The largest absolute Gasteiger partial charge is 0.333 e. The standard InChI is InChI=1S/C20H20ClN5O3S/c21-17-8-4-7-16(11-17)20-22-24-26(23-20)13-19(27)25(12-15-5-2-1-3-6-15)18-9-10-30(28,29)14-18/h1-8,11,18H,9-10,12-14H2/t18-/m1/s1. The summed E-state index contributed by atoms with van der Waals surface area (Å²) in [7, 11) is -3.13. The number of halogens is 1. The van der Waals surface area contributed by atoms with E-state index in [9.17, 15) is 13.2 Å². The first kappa shape index (κ1) is 20.5. The molecule has 0 unspecified atom stereocenters. The summed E-state index contributed by atoms with van der Waals surface area (Å²) in [5, 5.41) is 12.8. The van der Waals surface area contributed by atoms with Crippen LogP contribution in [0.3, 0.4) is 0 Å². The Hall–Kier alpha value is -2.78. The van der Waals surface area contributed by atoms with E-state index < -0.39 is 9.84 Å². The molecule has 1 aliphatic rings. The van der Waals surface area contributed by atoms with Gasteiger partial charge in [0.15, 0.2) is 9.84 Å². The number of amides is 1. The molecule has 0 saturated carbocycles. The van der Waals surface area contributed by atoms with Crippen LogP contribution in [0.1, 0.15) is 12.0 Å². The van der Waals surface area contributed by atoms with Crippen molar-refractivity contribution in [3.05, 3.63) is 65.2 Å². The van der Waals surface area contributed by atoms with Crippen molar-refractivity contribution in [3.8, 4) is 11.4 Å². The smallest absolute Gasteiger partial charge is 0.246 e. The molecular formula is C20H20ClN5O3S. The van der Waals surface area contributed by atoms with Crippen LogP contribution in [0.15, 0.2) is 54.6 Å². The summed E-state index contributed by atoms with van der Waals surface area (Å²) < 4.78 is 24.0. The Bertz CT molecular complexity index is 1150. The van der Waals surface area contributed by atoms with Crippen LogP contribution in [0.5, 0.6) is 0 Å². The minimum Gasteiger partial charge on any atom is -0.333 e. The van der Waals surface area contributed by atoms with E-state index in [0.717, 1.165) is 5.56 Å². The number of hydrogen-bond donors (Lipinski definition) is 0. The molecule has 0 spiro atoms. The first-order valence-electron chi connectivity index (χ1n) is 9.47. The molecule has 10 heteroatoms. The summed E-state index contributed by atoms with van der Waals surface area (Å²) in [5.41, 5.74) is 1.63. The zero-order chi connectivity index (χ0) is 21.1. The van der Waals surface area contributed by atoms with Crippen LogP contribution in [0.2, 0.25) is 5.02 Å². The van der Waals surface area contributed by atoms with Crippen molar-refractivity contribution in [1.29, 1.82) is 0 Å². The van der Waals surface area contributed by atoms with Gasteiger partial charge in [0.25, 0.3) is 0 Å². The second-order valence-electron chi connectivity index (χ2n) is 7.22. The van der Waals surface area contributed by atoms with Crippen LogP contribution in [0.4, 0.5) is 0 Å². The number of benzene rings is 2. The summed E-state index contributed by atoms with van der Waals surface area (Å²) in [6.07, 6.45) is 0.430. The van der Waals surface area contributed by atoms with E-state index in [0.29, 0.717) is 29.4 Å². The Balaban J connectivity index is 1.53. The van der Waals surface area contributed by atoms with Crippen molar-refractivity contribution >= 4 is 27.3 Å². The number of aromatic nitrogens is 4. The fraction of sp³-hybridized carbons (Fsp3) is 0.300. The molecule has 8 nitrogen and oxygen atoms in total. The number of carbonyl (C=O) groups excluding carboxylic acids is 1. The fourth-order valence-electron chi connectivity index (χ4n) is 3.49. The third-order valence-corrected chi connectivity index (χ3v) is 6.96. The highest BCUT2D eigenvalue weighted by Crippen LogP contribution is 2.21. The van der Waals surface area contributed by atoms with Crippen molar-refractivity contribution in [2.24, 2.45) is 0 Å². The molecule has 1 saturated heterocycles. The second kappa shape index (κ2) is 8.53. The number of tetrazole rings is 1. The maximum Gasteiger partial charge on any atom is 0.246 e. The molecule has 0 aliphatic carbocycles. The van der Waals surface area contributed by atoms with Gasteiger partial charge in [-0.15, -0.1) is 10.2 Å². The van der Waals surface area contributed by atoms with Gasteiger partial charge in [0.1, 0.15) is 6.54 Å². The zero-order valence-electron chi connectivity index (χ0n) is 16.1. The lowest BCUT2D eigenvalue weighted by Gasteiger charge is -2.28. The molecule has 1 atom stereocenters. The third-order valence-electron chi connectivity index (χ3n) is 4.98. The van der Waals surface area contributed by atoms with E-state index in [4.69, 9.17) is 11.6 Å². The molecular weight excluding hydrogens is 426 g/mol. The van der Waals surface area contributed by atoms with E-state index in [-0.39, 0.29) is 30.0 Å². The Morgan fingerprint density at radius 2 is 1.97 bits per heavy atom. The lowest BCUT2D eigenvalue weighted by Crippen LogP contribution is -2.42. The molecule has 30 heavy (non-hydrogen) atoms. The predicted octanol–water partition coefficient (Wildman–Crippen LogP) is 2.21. The highest BCUT2D eigenvalue weighted by Gasteiger charge is 2.35. The molecule has 1 amide bonds. The van der Waals surface area contributed by atoms with Gasteiger partial charge in [-0.05, 0) is 29.3 Å². The number of nitrogens with zero attached hydrogens (tertiary/aromatic N) is 5. The van der Waals surface area contributed by atoms with Crippen LogP contribution >= 0.6 is 11.6 Å². The summed E-state index contributed by atoms with van der Waals surface area (Å²) in [6, 6.07) is 16.2. The summed E-state index contributed by atoms with van der Waals surface area (Å²) in [6.45, 7) is 0.201. The van der Waals surface area contributed by atoms with Gasteiger partial charge in [0.2, 0.25) is 11.7 Å². The molecule has 1 fully saturated rings. The average Bonchev–Trinajstić information content (AvgIpc) is 3.33. The fourth-order valence-corrected chi connectivity index (χ4v) is 5.41. The first-order chi connectivity index (χ1) is 14.4. The number of rotatable bonds is 6. The lowest BCUT2D eigenvalue weighted by molar-refractivity contribution is -0.134. The number of carbonyl (C=O) groups is 1. The average molecular weight is 446 g/mol. The Labute approximate surface area is 179 Å². The van der Waals surface area contributed by atoms with Crippen molar-refractivity contribution in [3.63, 3.8) is 0 Å². The van der Waals surface area contributed by atoms with Crippen molar-refractivity contribution in [2.45, 2.75) is 25.6 Å². The van der Waals surface area contributed by atoms with Crippen LogP contribution in [-0.4, -0.2) is 57.0 Å². The highest BCUT2D eigenvalue weighted by atomic mass is 35.5. The van der Waals surface area contributed by atoms with Gasteiger partial charge >= 0.3 is 0 Å². The molecule has 0 N–H and O–H groups in total. The number of sulfone groups is 1. The Kier molecular flexibility index (Phi) is 5.83. The van der Waals surface area contributed by atoms with Gasteiger partial charge in [-0.2, -0.15) is 4.80 Å². The third kappa shape index (κ3) is 4.85. The van der Waals surface area contributed by atoms with E-state index in [2.05, 4.69) is 15.4 Å². The maximum absolute atomic E-state index is 13.1. The zero-order valence-corrected chi connectivity index (χ0v) is 17.6. The van der Waals surface area contributed by atoms with Crippen molar-refractivity contribution in [2.75, 3.05) is 11.5 Å². The van der Waals surface area contributed by atoms with Gasteiger partial charge < -0.3 is 4.90 Å². The predicted molar refractivity (Wildman–Crippen MR) is 112 cm³/mol. The SMILES string of the molecule is O=C(Cn1nnc(-c2cccc(Cl)c2)n1)N(Cc1ccccc1)[C@@H]1CCS(=O)(=O)C1. The van der Waals surface area contributed by atoms with Crippen LogP contribution in [-0.2, 0) is 27.7 Å². The van der Waals surface area contributed by atoms with E-state index in [1.807, 2.05) is 30.3 Å². The van der Waals surface area contributed by atoms with Crippen molar-refractivity contribution < 1.29 is 13.2 Å². The van der Waals surface area contributed by atoms with Gasteiger partial charge in [0, 0.05) is 23.2 Å². The van der Waals surface area contributed by atoms with Gasteiger partial charge in [-0.1, -0.05) is 54.1 Å². The molecule has 0 bridgehead atoms. The molecule has 0 radical (unpaired) electrons. The second-order valence-corrected chi connectivity index (χ2v) is 9.88. The van der Waals surface area contributed by atoms with E-state index in [1.54, 1.807) is 29.2 Å². The monoisotopic (exact) mass is 445 g/mol. The first-order valence-corrected chi connectivity index (χ1v) is 11.7. The minimum atomic E-state index is -3.13. The van der Waals surface area contributed by atoms with Crippen LogP contribution < -0.4 is 0 Å². The van der Waals surface area contributed by atoms with Gasteiger partial charge in [-0.3, -0.25) is 4.79 Å². The summed E-state index contributed by atoms with van der Waals surface area (Å²) in [5.74, 6) is 0.181. The van der Waals surface area contributed by atoms with Crippen LogP contribution in [0, 0.1) is 0 Å². The van der Waals surface area contributed by atoms with Crippen LogP contribution in [0.25, 0.3) is 11.4 Å². The molecule has 4 rings (SSSR count). The normalized spacial score (nSPS) is 17.7. The Morgan fingerprint density at radius 1 is 1.17 bits per heavy atom. The molecule has 3 aromatic rings. The number of hydrogen-bond acceptors (Lipinski definition) is 6.